The maximum atomic E-state index is 5.86. The second-order valence-corrected chi connectivity index (χ2v) is 6.02. The Hall–Kier alpha value is -1.04. The van der Waals surface area contributed by atoms with E-state index in [-0.39, 0.29) is 6.04 Å². The van der Waals surface area contributed by atoms with E-state index >= 15 is 0 Å². The van der Waals surface area contributed by atoms with Crippen LogP contribution in [-0.4, -0.2) is 28.2 Å². The fourth-order valence-electron chi connectivity index (χ4n) is 1.99. The van der Waals surface area contributed by atoms with Gasteiger partial charge < -0.3 is 9.84 Å². The van der Waals surface area contributed by atoms with Crippen molar-refractivity contribution < 1.29 is 4.52 Å². The van der Waals surface area contributed by atoms with Gasteiger partial charge in [-0.05, 0) is 17.7 Å². The van der Waals surface area contributed by atoms with Crippen molar-refractivity contribution in [2.75, 3.05) is 18.1 Å². The topological polar surface area (TPSA) is 51.0 Å². The summed E-state index contributed by atoms with van der Waals surface area (Å²) >= 11 is 7.77. The van der Waals surface area contributed by atoms with Crippen LogP contribution in [0.15, 0.2) is 28.8 Å². The van der Waals surface area contributed by atoms with Gasteiger partial charge in [0.15, 0.2) is 5.82 Å². The van der Waals surface area contributed by atoms with Crippen LogP contribution in [0.3, 0.4) is 0 Å². The highest BCUT2D eigenvalue weighted by Gasteiger charge is 2.21. The molecule has 100 valence electrons. The zero-order valence-corrected chi connectivity index (χ0v) is 11.9. The highest BCUT2D eigenvalue weighted by atomic mass is 35.5. The molecule has 1 atom stereocenters. The number of nitrogens with one attached hydrogen (secondary N) is 1. The van der Waals surface area contributed by atoms with Crippen molar-refractivity contribution in [2.45, 2.75) is 12.5 Å². The summed E-state index contributed by atoms with van der Waals surface area (Å²) in [6.45, 7) is 0.990. The SMILES string of the molecule is Clc1ccc(Cc2noc(C3CSCCN3)n2)cc1. The molecule has 1 aliphatic heterocycles. The Morgan fingerprint density at radius 1 is 1.37 bits per heavy atom. The average Bonchev–Trinajstić information content (AvgIpc) is 2.91. The van der Waals surface area contributed by atoms with Gasteiger partial charge in [0.05, 0.1) is 6.04 Å². The van der Waals surface area contributed by atoms with Crippen molar-refractivity contribution in [3.8, 4) is 0 Å². The van der Waals surface area contributed by atoms with Crippen molar-refractivity contribution in [3.63, 3.8) is 0 Å². The molecule has 1 aromatic heterocycles. The summed E-state index contributed by atoms with van der Waals surface area (Å²) in [5, 5.41) is 8.16. The van der Waals surface area contributed by atoms with Gasteiger partial charge in [-0.15, -0.1) is 0 Å². The van der Waals surface area contributed by atoms with Gasteiger partial charge in [0, 0.05) is 29.5 Å². The predicted octanol–water partition coefficient (Wildman–Crippen LogP) is 2.69. The first-order valence-electron chi connectivity index (χ1n) is 6.19. The molecule has 2 heterocycles. The fourth-order valence-corrected chi connectivity index (χ4v) is 3.04. The number of halogens is 1. The summed E-state index contributed by atoms with van der Waals surface area (Å²) in [6, 6.07) is 7.89. The van der Waals surface area contributed by atoms with Gasteiger partial charge in [-0.1, -0.05) is 28.9 Å². The van der Waals surface area contributed by atoms with E-state index in [1.54, 1.807) is 0 Å². The zero-order chi connectivity index (χ0) is 13.1. The molecule has 0 saturated carbocycles. The van der Waals surface area contributed by atoms with E-state index in [0.717, 1.165) is 34.5 Å². The van der Waals surface area contributed by atoms with Crippen molar-refractivity contribution in [3.05, 3.63) is 46.6 Å². The third-order valence-corrected chi connectivity index (χ3v) is 4.29. The zero-order valence-electron chi connectivity index (χ0n) is 10.3. The smallest absolute Gasteiger partial charge is 0.244 e. The van der Waals surface area contributed by atoms with Gasteiger partial charge >= 0.3 is 0 Å². The summed E-state index contributed by atoms with van der Waals surface area (Å²) in [6.07, 6.45) is 0.667. The first-order chi connectivity index (χ1) is 9.31. The van der Waals surface area contributed by atoms with E-state index < -0.39 is 0 Å². The first kappa shape index (κ1) is 13.0. The van der Waals surface area contributed by atoms with Crippen LogP contribution < -0.4 is 5.32 Å². The monoisotopic (exact) mass is 295 g/mol. The molecule has 2 aromatic rings. The minimum absolute atomic E-state index is 0.185. The normalized spacial score (nSPS) is 19.5. The summed E-state index contributed by atoms with van der Waals surface area (Å²) in [5.74, 6) is 3.54. The molecule has 0 amide bonds. The van der Waals surface area contributed by atoms with E-state index in [1.807, 2.05) is 36.0 Å². The molecule has 3 rings (SSSR count). The van der Waals surface area contributed by atoms with Gasteiger partial charge in [0.25, 0.3) is 0 Å². The molecular formula is C13H14ClN3OS. The van der Waals surface area contributed by atoms with Crippen LogP contribution in [0.25, 0.3) is 0 Å². The Bertz CT molecular complexity index is 537. The van der Waals surface area contributed by atoms with Crippen molar-refractivity contribution in [2.24, 2.45) is 0 Å². The standard InChI is InChI=1S/C13H14ClN3OS/c14-10-3-1-9(2-4-10)7-12-16-13(18-17-12)11-8-19-6-5-15-11/h1-4,11,15H,5-8H2. The predicted molar refractivity (Wildman–Crippen MR) is 76.6 cm³/mol. The lowest BCUT2D eigenvalue weighted by Gasteiger charge is -2.19. The lowest BCUT2D eigenvalue weighted by atomic mass is 10.1. The molecule has 4 nitrogen and oxygen atoms in total. The number of aromatic nitrogens is 2. The number of rotatable bonds is 3. The van der Waals surface area contributed by atoms with Gasteiger partial charge in [-0.2, -0.15) is 16.7 Å². The molecule has 0 aliphatic carbocycles. The van der Waals surface area contributed by atoms with E-state index in [0.29, 0.717) is 12.3 Å². The number of hydrogen-bond acceptors (Lipinski definition) is 5. The van der Waals surface area contributed by atoms with E-state index in [1.165, 1.54) is 0 Å². The average molecular weight is 296 g/mol. The van der Waals surface area contributed by atoms with Crippen LogP contribution in [0, 0.1) is 0 Å². The minimum atomic E-state index is 0.185. The number of benzene rings is 1. The molecule has 0 spiro atoms. The Balaban J connectivity index is 1.68. The lowest BCUT2D eigenvalue weighted by Crippen LogP contribution is -2.30. The Labute approximate surface area is 120 Å². The Morgan fingerprint density at radius 3 is 2.95 bits per heavy atom. The molecule has 0 radical (unpaired) electrons. The molecule has 0 bridgehead atoms. The highest BCUT2D eigenvalue weighted by molar-refractivity contribution is 7.99. The summed E-state index contributed by atoms with van der Waals surface area (Å²) < 4.78 is 5.34. The number of nitrogens with zero attached hydrogens (tertiary/aromatic N) is 2. The third kappa shape index (κ3) is 3.29. The van der Waals surface area contributed by atoms with E-state index in [4.69, 9.17) is 16.1 Å². The van der Waals surface area contributed by atoms with E-state index in [9.17, 15) is 0 Å². The first-order valence-corrected chi connectivity index (χ1v) is 7.72. The van der Waals surface area contributed by atoms with E-state index in [2.05, 4.69) is 15.5 Å². The van der Waals surface area contributed by atoms with Crippen LogP contribution in [-0.2, 0) is 6.42 Å². The quantitative estimate of drug-likeness (QED) is 0.943. The van der Waals surface area contributed by atoms with Gasteiger partial charge in [-0.25, -0.2) is 0 Å². The maximum Gasteiger partial charge on any atom is 0.244 e. The largest absolute Gasteiger partial charge is 0.338 e. The van der Waals surface area contributed by atoms with Crippen LogP contribution in [0.2, 0.25) is 5.02 Å². The second kappa shape index (κ2) is 5.94. The van der Waals surface area contributed by atoms with Gasteiger partial charge in [0.1, 0.15) is 0 Å². The molecule has 1 saturated heterocycles. The second-order valence-electron chi connectivity index (χ2n) is 4.43. The van der Waals surface area contributed by atoms with Crippen LogP contribution >= 0.6 is 23.4 Å². The maximum absolute atomic E-state index is 5.86. The minimum Gasteiger partial charge on any atom is -0.338 e. The van der Waals surface area contributed by atoms with Crippen molar-refractivity contribution >= 4 is 23.4 Å². The van der Waals surface area contributed by atoms with Crippen molar-refractivity contribution in [1.82, 2.24) is 15.5 Å². The van der Waals surface area contributed by atoms with Crippen LogP contribution in [0.4, 0.5) is 0 Å². The molecule has 6 heteroatoms. The molecule has 1 aliphatic rings. The molecule has 1 fully saturated rings. The summed E-state index contributed by atoms with van der Waals surface area (Å²) in [7, 11) is 0. The third-order valence-electron chi connectivity index (χ3n) is 2.98. The summed E-state index contributed by atoms with van der Waals surface area (Å²) in [5.41, 5.74) is 1.13. The number of thioether (sulfide) groups is 1. The Kier molecular flexibility index (Phi) is 4.06. The van der Waals surface area contributed by atoms with Crippen molar-refractivity contribution in [1.29, 1.82) is 0 Å². The number of hydrogen-bond donors (Lipinski definition) is 1. The molecule has 19 heavy (non-hydrogen) atoms. The van der Waals surface area contributed by atoms with Crippen LogP contribution in [0.5, 0.6) is 0 Å². The molecular weight excluding hydrogens is 282 g/mol. The molecule has 1 unspecified atom stereocenters. The Morgan fingerprint density at radius 2 is 2.21 bits per heavy atom. The molecule has 1 aromatic carbocycles. The van der Waals surface area contributed by atoms with Gasteiger partial charge in [-0.3, -0.25) is 0 Å². The fraction of sp³-hybridized carbons (Fsp3) is 0.385. The lowest BCUT2D eigenvalue weighted by molar-refractivity contribution is 0.339. The van der Waals surface area contributed by atoms with Gasteiger partial charge in [0.2, 0.25) is 5.89 Å². The van der Waals surface area contributed by atoms with Crippen LogP contribution in [0.1, 0.15) is 23.3 Å². The molecule has 1 N–H and O–H groups in total. The highest BCUT2D eigenvalue weighted by Crippen LogP contribution is 2.21. The summed E-state index contributed by atoms with van der Waals surface area (Å²) in [4.78, 5) is 4.47.